The molecule has 0 bridgehead atoms. The minimum Gasteiger partial charge on any atom is -0.490 e. The fourth-order valence-corrected chi connectivity index (χ4v) is 2.86. The Balaban J connectivity index is 2.22. The maximum atomic E-state index is 5.88. The van der Waals surface area contributed by atoms with E-state index in [1.807, 2.05) is 25.4 Å². The van der Waals surface area contributed by atoms with Crippen LogP contribution >= 0.6 is 0 Å². The van der Waals surface area contributed by atoms with Gasteiger partial charge in [0.2, 0.25) is 0 Å². The second-order valence-electron chi connectivity index (χ2n) is 5.51. The Morgan fingerprint density at radius 3 is 3.10 bits per heavy atom. The summed E-state index contributed by atoms with van der Waals surface area (Å²) in [6.45, 7) is 6.19. The molecule has 0 spiro atoms. The van der Waals surface area contributed by atoms with Gasteiger partial charge in [0.05, 0.1) is 6.61 Å². The first-order valence-electron chi connectivity index (χ1n) is 7.79. The molecule has 0 saturated carbocycles. The molecule has 2 heterocycles. The van der Waals surface area contributed by atoms with Crippen molar-refractivity contribution in [2.45, 2.75) is 51.6 Å². The summed E-state index contributed by atoms with van der Waals surface area (Å²) in [6, 6.07) is 4.94. The average molecular weight is 277 g/mol. The van der Waals surface area contributed by atoms with E-state index in [0.29, 0.717) is 12.1 Å². The fraction of sp³-hybridized carbons (Fsp3) is 0.688. The number of hydrogen-bond acceptors (Lipinski definition) is 4. The lowest BCUT2D eigenvalue weighted by Gasteiger charge is -2.40. The van der Waals surface area contributed by atoms with E-state index in [1.54, 1.807) is 0 Å². The summed E-state index contributed by atoms with van der Waals surface area (Å²) in [5.74, 6) is 1.93. The smallest absolute Gasteiger partial charge is 0.171 e. The van der Waals surface area contributed by atoms with Gasteiger partial charge in [-0.15, -0.1) is 0 Å². The lowest BCUT2D eigenvalue weighted by atomic mass is 9.96. The van der Waals surface area contributed by atoms with E-state index < -0.39 is 0 Å². The van der Waals surface area contributed by atoms with E-state index in [4.69, 9.17) is 4.74 Å². The van der Waals surface area contributed by atoms with Crippen LogP contribution in [-0.4, -0.2) is 37.3 Å². The molecule has 1 saturated heterocycles. The van der Waals surface area contributed by atoms with Crippen LogP contribution in [0.25, 0.3) is 0 Å². The molecule has 0 amide bonds. The van der Waals surface area contributed by atoms with Crippen LogP contribution in [0.1, 0.15) is 39.5 Å². The highest BCUT2D eigenvalue weighted by Crippen LogP contribution is 2.32. The van der Waals surface area contributed by atoms with Gasteiger partial charge in [0, 0.05) is 24.8 Å². The van der Waals surface area contributed by atoms with Crippen LogP contribution in [0, 0.1) is 0 Å². The maximum Gasteiger partial charge on any atom is 0.171 e. The third kappa shape index (κ3) is 3.42. The molecule has 4 nitrogen and oxygen atoms in total. The molecule has 0 radical (unpaired) electrons. The van der Waals surface area contributed by atoms with Crippen LogP contribution in [-0.2, 0) is 0 Å². The molecule has 1 N–H and O–H groups in total. The van der Waals surface area contributed by atoms with Crippen LogP contribution in [0.4, 0.5) is 5.82 Å². The number of anilines is 1. The molecular formula is C16H27N3O. The Morgan fingerprint density at radius 2 is 2.35 bits per heavy atom. The number of likely N-dealkylation sites (N-methyl/N-ethyl adjacent to an activating group) is 1. The normalized spacial score (nSPS) is 20.8. The number of aromatic nitrogens is 1. The van der Waals surface area contributed by atoms with Crippen molar-refractivity contribution in [2.75, 3.05) is 25.1 Å². The number of nitrogens with one attached hydrogen (secondary N) is 1. The Kier molecular flexibility index (Phi) is 5.65. The van der Waals surface area contributed by atoms with Crippen molar-refractivity contribution in [3.05, 3.63) is 18.3 Å². The van der Waals surface area contributed by atoms with Gasteiger partial charge in [-0.1, -0.05) is 6.92 Å². The third-order valence-corrected chi connectivity index (χ3v) is 4.07. The van der Waals surface area contributed by atoms with E-state index in [2.05, 4.69) is 29.0 Å². The molecule has 0 aromatic carbocycles. The fourth-order valence-electron chi connectivity index (χ4n) is 2.86. The van der Waals surface area contributed by atoms with E-state index in [9.17, 15) is 0 Å². The standard InChI is InChI=1S/C16H27N3O/c1-4-12-20-15-9-7-10-18-16(15)19-11-6-5-8-14(19)13(2)17-3/h7,9-10,13-14,17H,4-6,8,11-12H2,1-3H3. The number of pyridine rings is 1. The third-order valence-electron chi connectivity index (χ3n) is 4.07. The van der Waals surface area contributed by atoms with Crippen LogP contribution in [0.15, 0.2) is 18.3 Å². The van der Waals surface area contributed by atoms with Gasteiger partial charge in [-0.3, -0.25) is 0 Å². The molecule has 4 heteroatoms. The first kappa shape index (κ1) is 15.1. The lowest BCUT2D eigenvalue weighted by molar-refractivity contribution is 0.311. The van der Waals surface area contributed by atoms with Crippen LogP contribution < -0.4 is 15.0 Å². The van der Waals surface area contributed by atoms with Crippen LogP contribution in [0.5, 0.6) is 5.75 Å². The van der Waals surface area contributed by atoms with Crippen molar-refractivity contribution in [2.24, 2.45) is 0 Å². The predicted octanol–water partition coefficient (Wildman–Crippen LogP) is 2.84. The van der Waals surface area contributed by atoms with Gasteiger partial charge in [-0.05, 0) is 51.8 Å². The molecule has 0 aliphatic carbocycles. The number of rotatable bonds is 6. The van der Waals surface area contributed by atoms with Crippen molar-refractivity contribution >= 4 is 5.82 Å². The minimum absolute atomic E-state index is 0.455. The summed E-state index contributed by atoms with van der Waals surface area (Å²) in [7, 11) is 2.03. The highest BCUT2D eigenvalue weighted by molar-refractivity contribution is 5.53. The summed E-state index contributed by atoms with van der Waals surface area (Å²) in [5, 5.41) is 3.39. The van der Waals surface area contributed by atoms with Gasteiger partial charge in [-0.2, -0.15) is 0 Å². The minimum atomic E-state index is 0.455. The Morgan fingerprint density at radius 1 is 1.50 bits per heavy atom. The van der Waals surface area contributed by atoms with Gasteiger partial charge >= 0.3 is 0 Å². The van der Waals surface area contributed by atoms with E-state index in [1.165, 1.54) is 19.3 Å². The maximum absolute atomic E-state index is 5.88. The summed E-state index contributed by atoms with van der Waals surface area (Å²) in [6.07, 6.45) is 6.63. The molecule has 20 heavy (non-hydrogen) atoms. The van der Waals surface area contributed by atoms with Gasteiger partial charge in [0.15, 0.2) is 11.6 Å². The molecule has 1 fully saturated rings. The zero-order chi connectivity index (χ0) is 14.4. The predicted molar refractivity (Wildman–Crippen MR) is 83.5 cm³/mol. The molecule has 2 rings (SSSR count). The zero-order valence-electron chi connectivity index (χ0n) is 12.9. The van der Waals surface area contributed by atoms with Crippen molar-refractivity contribution in [1.29, 1.82) is 0 Å². The first-order valence-corrected chi connectivity index (χ1v) is 7.79. The molecule has 1 aliphatic rings. The first-order chi connectivity index (χ1) is 9.77. The molecule has 1 aliphatic heterocycles. The Hall–Kier alpha value is -1.29. The number of ether oxygens (including phenoxy) is 1. The Labute approximate surface area is 122 Å². The van der Waals surface area contributed by atoms with E-state index in [-0.39, 0.29) is 0 Å². The van der Waals surface area contributed by atoms with Crippen molar-refractivity contribution in [3.8, 4) is 5.75 Å². The van der Waals surface area contributed by atoms with E-state index >= 15 is 0 Å². The van der Waals surface area contributed by atoms with Gasteiger partial charge in [0.1, 0.15) is 0 Å². The Bertz CT molecular complexity index is 410. The van der Waals surface area contributed by atoms with Gasteiger partial charge in [0.25, 0.3) is 0 Å². The largest absolute Gasteiger partial charge is 0.490 e. The highest BCUT2D eigenvalue weighted by atomic mass is 16.5. The summed E-state index contributed by atoms with van der Waals surface area (Å²) >= 11 is 0. The molecule has 2 atom stereocenters. The number of hydrogen-bond donors (Lipinski definition) is 1. The molecule has 1 aromatic rings. The van der Waals surface area contributed by atoms with Gasteiger partial charge < -0.3 is 15.0 Å². The quantitative estimate of drug-likeness (QED) is 0.867. The highest BCUT2D eigenvalue weighted by Gasteiger charge is 2.29. The zero-order valence-corrected chi connectivity index (χ0v) is 12.9. The van der Waals surface area contributed by atoms with E-state index in [0.717, 1.165) is 31.1 Å². The second kappa shape index (κ2) is 7.48. The average Bonchev–Trinajstić information content (AvgIpc) is 2.52. The van der Waals surface area contributed by atoms with Crippen LogP contribution in [0.2, 0.25) is 0 Å². The van der Waals surface area contributed by atoms with Crippen molar-refractivity contribution < 1.29 is 4.74 Å². The molecular weight excluding hydrogens is 250 g/mol. The number of piperidine rings is 1. The SMILES string of the molecule is CCCOc1cccnc1N1CCCCC1C(C)NC. The molecule has 2 unspecified atom stereocenters. The van der Waals surface area contributed by atoms with Gasteiger partial charge in [-0.25, -0.2) is 4.98 Å². The lowest BCUT2D eigenvalue weighted by Crippen LogP contribution is -2.50. The topological polar surface area (TPSA) is 37.4 Å². The monoisotopic (exact) mass is 277 g/mol. The number of nitrogens with zero attached hydrogens (tertiary/aromatic N) is 2. The summed E-state index contributed by atoms with van der Waals surface area (Å²) < 4.78 is 5.88. The molecule has 1 aromatic heterocycles. The van der Waals surface area contributed by atoms with Crippen molar-refractivity contribution in [1.82, 2.24) is 10.3 Å². The second-order valence-corrected chi connectivity index (χ2v) is 5.51. The summed E-state index contributed by atoms with van der Waals surface area (Å²) in [4.78, 5) is 7.02. The molecule has 112 valence electrons. The summed E-state index contributed by atoms with van der Waals surface area (Å²) in [5.41, 5.74) is 0. The van der Waals surface area contributed by atoms with Crippen LogP contribution in [0.3, 0.4) is 0 Å². The van der Waals surface area contributed by atoms with Crippen molar-refractivity contribution in [3.63, 3.8) is 0 Å².